The number of carbonyl (C=O) groups is 2. The minimum atomic E-state index is -0.847. The van der Waals surface area contributed by atoms with Crippen LogP contribution in [-0.2, 0) is 16.0 Å². The predicted molar refractivity (Wildman–Crippen MR) is 88.6 cm³/mol. The van der Waals surface area contributed by atoms with Gasteiger partial charge in [0.05, 0.1) is 12.0 Å². The number of carbonyl (C=O) groups excluding carboxylic acids is 1. The van der Waals surface area contributed by atoms with Crippen LogP contribution in [0.4, 0.5) is 0 Å². The molecule has 0 spiro atoms. The van der Waals surface area contributed by atoms with Crippen LogP contribution < -0.4 is 5.32 Å². The van der Waals surface area contributed by atoms with Gasteiger partial charge in [0, 0.05) is 10.4 Å². The summed E-state index contributed by atoms with van der Waals surface area (Å²) in [5.41, 5.74) is 0.588. The minimum absolute atomic E-state index is 0.0199. The van der Waals surface area contributed by atoms with Crippen molar-refractivity contribution in [2.75, 3.05) is 0 Å². The third kappa shape index (κ3) is 4.32. The quantitative estimate of drug-likeness (QED) is 0.774. The van der Waals surface area contributed by atoms with Crippen LogP contribution in [0.2, 0.25) is 0 Å². The third-order valence-electron chi connectivity index (χ3n) is 4.42. The SMILES string of the molecule is CCC(Cc1cccc(Br)c1)C(=O)NC1(CC(=O)O)CCC1. The summed E-state index contributed by atoms with van der Waals surface area (Å²) in [5.74, 6) is -0.996. The van der Waals surface area contributed by atoms with E-state index in [1.54, 1.807) is 0 Å². The number of hydrogen-bond acceptors (Lipinski definition) is 2. The fourth-order valence-corrected chi connectivity index (χ4v) is 3.42. The number of nitrogens with one attached hydrogen (secondary N) is 1. The molecule has 1 aromatic rings. The van der Waals surface area contributed by atoms with Crippen molar-refractivity contribution in [3.8, 4) is 0 Å². The molecule has 1 unspecified atom stereocenters. The molecule has 22 heavy (non-hydrogen) atoms. The number of aliphatic carboxylic acids is 1. The number of hydrogen-bond donors (Lipinski definition) is 2. The molecule has 1 amide bonds. The van der Waals surface area contributed by atoms with Gasteiger partial charge in [0.1, 0.15) is 0 Å². The fourth-order valence-electron chi connectivity index (χ4n) is 2.97. The van der Waals surface area contributed by atoms with Gasteiger partial charge in [0.15, 0.2) is 0 Å². The van der Waals surface area contributed by atoms with E-state index in [0.717, 1.165) is 35.7 Å². The standard InChI is InChI=1S/C17H22BrNO3/c1-2-13(9-12-5-3-6-14(18)10-12)16(22)19-17(7-4-8-17)11-15(20)21/h3,5-6,10,13H,2,4,7-9,11H2,1H3,(H,19,22)(H,20,21). The van der Waals surface area contributed by atoms with Gasteiger partial charge >= 0.3 is 5.97 Å². The molecule has 1 saturated carbocycles. The average Bonchev–Trinajstić information content (AvgIpc) is 2.41. The van der Waals surface area contributed by atoms with Crippen molar-refractivity contribution in [2.45, 2.75) is 51.0 Å². The van der Waals surface area contributed by atoms with Gasteiger partial charge in [-0.25, -0.2) is 0 Å². The molecular formula is C17H22BrNO3. The molecule has 1 atom stereocenters. The molecule has 0 bridgehead atoms. The van der Waals surface area contributed by atoms with Crippen LogP contribution in [0.15, 0.2) is 28.7 Å². The van der Waals surface area contributed by atoms with Crippen LogP contribution in [0.25, 0.3) is 0 Å². The highest BCUT2D eigenvalue weighted by molar-refractivity contribution is 9.10. The molecule has 5 heteroatoms. The van der Waals surface area contributed by atoms with Gasteiger partial charge in [0.2, 0.25) is 5.91 Å². The smallest absolute Gasteiger partial charge is 0.305 e. The zero-order valence-electron chi connectivity index (χ0n) is 12.8. The van der Waals surface area contributed by atoms with Crippen LogP contribution in [0.1, 0.15) is 44.6 Å². The average molecular weight is 368 g/mol. The first-order valence-electron chi connectivity index (χ1n) is 7.72. The van der Waals surface area contributed by atoms with Crippen molar-refractivity contribution < 1.29 is 14.7 Å². The minimum Gasteiger partial charge on any atom is -0.481 e. The van der Waals surface area contributed by atoms with Gasteiger partial charge in [-0.2, -0.15) is 0 Å². The second-order valence-corrected chi connectivity index (χ2v) is 7.05. The van der Waals surface area contributed by atoms with Gasteiger partial charge in [-0.1, -0.05) is 35.0 Å². The van der Waals surface area contributed by atoms with E-state index < -0.39 is 11.5 Å². The second kappa shape index (κ2) is 7.27. The summed E-state index contributed by atoms with van der Waals surface area (Å²) in [7, 11) is 0. The Morgan fingerprint density at radius 2 is 2.14 bits per heavy atom. The Kier molecular flexibility index (Phi) is 5.62. The largest absolute Gasteiger partial charge is 0.481 e. The van der Waals surface area contributed by atoms with Crippen LogP contribution in [-0.4, -0.2) is 22.5 Å². The van der Waals surface area contributed by atoms with Gasteiger partial charge in [-0.15, -0.1) is 0 Å². The molecule has 1 aromatic carbocycles. The zero-order valence-corrected chi connectivity index (χ0v) is 14.4. The third-order valence-corrected chi connectivity index (χ3v) is 4.92. The summed E-state index contributed by atoms with van der Waals surface area (Å²) >= 11 is 3.44. The molecule has 1 aliphatic carbocycles. The summed E-state index contributed by atoms with van der Waals surface area (Å²) < 4.78 is 1.00. The number of carboxylic acids is 1. The summed E-state index contributed by atoms with van der Waals surface area (Å²) in [6, 6.07) is 7.95. The Bertz CT molecular complexity index is 555. The first kappa shape index (κ1) is 17.0. The van der Waals surface area contributed by atoms with Crippen LogP contribution in [0.5, 0.6) is 0 Å². The second-order valence-electron chi connectivity index (χ2n) is 6.13. The first-order chi connectivity index (χ1) is 10.4. The lowest BCUT2D eigenvalue weighted by atomic mass is 9.74. The summed E-state index contributed by atoms with van der Waals surface area (Å²) in [5, 5.41) is 12.0. The Morgan fingerprint density at radius 1 is 1.41 bits per heavy atom. The molecule has 0 heterocycles. The summed E-state index contributed by atoms with van der Waals surface area (Å²) in [4.78, 5) is 23.5. The predicted octanol–water partition coefficient (Wildman–Crippen LogP) is 3.53. The molecule has 0 aromatic heterocycles. The topological polar surface area (TPSA) is 66.4 Å². The highest BCUT2D eigenvalue weighted by Gasteiger charge is 2.41. The zero-order chi connectivity index (χ0) is 16.2. The maximum Gasteiger partial charge on any atom is 0.305 e. The van der Waals surface area contributed by atoms with Crippen LogP contribution >= 0.6 is 15.9 Å². The Labute approximate surface area is 139 Å². The van der Waals surface area contributed by atoms with Crippen molar-refractivity contribution in [1.29, 1.82) is 0 Å². The molecule has 120 valence electrons. The van der Waals surface area contributed by atoms with E-state index in [4.69, 9.17) is 5.11 Å². The number of rotatable bonds is 7. The van der Waals surface area contributed by atoms with E-state index in [1.807, 2.05) is 31.2 Å². The normalized spacial score (nSPS) is 17.4. The van der Waals surface area contributed by atoms with Crippen molar-refractivity contribution in [1.82, 2.24) is 5.32 Å². The van der Waals surface area contributed by atoms with E-state index in [1.165, 1.54) is 0 Å². The monoisotopic (exact) mass is 367 g/mol. The maximum atomic E-state index is 12.5. The molecule has 4 nitrogen and oxygen atoms in total. The molecule has 1 aliphatic rings. The lowest BCUT2D eigenvalue weighted by Gasteiger charge is -2.42. The molecule has 2 N–H and O–H groups in total. The molecule has 2 rings (SSSR count). The Hall–Kier alpha value is -1.36. The number of halogens is 1. The van der Waals surface area contributed by atoms with Crippen LogP contribution in [0, 0.1) is 5.92 Å². The number of carboxylic acid groups (broad SMARTS) is 1. The highest BCUT2D eigenvalue weighted by Crippen LogP contribution is 2.35. The summed E-state index contributed by atoms with van der Waals surface area (Å²) in [6.45, 7) is 1.99. The lowest BCUT2D eigenvalue weighted by molar-refractivity contribution is -0.140. The van der Waals surface area contributed by atoms with E-state index in [2.05, 4.69) is 21.2 Å². The molecule has 0 saturated heterocycles. The summed E-state index contributed by atoms with van der Waals surface area (Å²) in [6.07, 6.45) is 3.94. The van der Waals surface area contributed by atoms with Gasteiger partial charge < -0.3 is 10.4 Å². The van der Waals surface area contributed by atoms with Gasteiger partial charge in [-0.3, -0.25) is 9.59 Å². The molecule has 0 radical (unpaired) electrons. The fraction of sp³-hybridized carbons (Fsp3) is 0.529. The lowest BCUT2D eigenvalue weighted by Crippen LogP contribution is -2.56. The van der Waals surface area contributed by atoms with Crippen molar-refractivity contribution in [3.63, 3.8) is 0 Å². The van der Waals surface area contributed by atoms with Crippen molar-refractivity contribution in [3.05, 3.63) is 34.3 Å². The maximum absolute atomic E-state index is 12.5. The van der Waals surface area contributed by atoms with E-state index in [-0.39, 0.29) is 18.2 Å². The van der Waals surface area contributed by atoms with Crippen LogP contribution in [0.3, 0.4) is 0 Å². The molecular weight excluding hydrogens is 346 g/mol. The molecule has 0 aliphatic heterocycles. The number of amides is 1. The first-order valence-corrected chi connectivity index (χ1v) is 8.52. The number of benzene rings is 1. The van der Waals surface area contributed by atoms with Crippen molar-refractivity contribution >= 4 is 27.8 Å². The van der Waals surface area contributed by atoms with Gasteiger partial charge in [0.25, 0.3) is 0 Å². The van der Waals surface area contributed by atoms with E-state index in [9.17, 15) is 9.59 Å². The Morgan fingerprint density at radius 3 is 2.64 bits per heavy atom. The molecule has 1 fully saturated rings. The van der Waals surface area contributed by atoms with Crippen molar-refractivity contribution in [2.24, 2.45) is 5.92 Å². The highest BCUT2D eigenvalue weighted by atomic mass is 79.9. The van der Waals surface area contributed by atoms with Gasteiger partial charge in [-0.05, 0) is 49.8 Å². The Balaban J connectivity index is 2.01. The van der Waals surface area contributed by atoms with E-state index in [0.29, 0.717) is 6.42 Å². The van der Waals surface area contributed by atoms with E-state index >= 15 is 0 Å².